The zero-order chi connectivity index (χ0) is 12.3. The Labute approximate surface area is 97.8 Å². The van der Waals surface area contributed by atoms with Crippen molar-refractivity contribution in [3.63, 3.8) is 0 Å². The summed E-state index contributed by atoms with van der Waals surface area (Å²) < 4.78 is 47.9. The van der Waals surface area contributed by atoms with Crippen LogP contribution in [0.5, 0.6) is 5.75 Å². The van der Waals surface area contributed by atoms with Gasteiger partial charge in [0.25, 0.3) is 0 Å². The van der Waals surface area contributed by atoms with E-state index in [1.165, 1.54) is 12.1 Å². The Balaban J connectivity index is 1.98. The molecule has 0 unspecified atom stereocenters. The molecule has 2 rings (SSSR count). The van der Waals surface area contributed by atoms with Crippen molar-refractivity contribution in [3.05, 3.63) is 24.3 Å². The van der Waals surface area contributed by atoms with Gasteiger partial charge in [-0.2, -0.15) is 0 Å². The Hall–Kier alpha value is -1.17. The molecule has 94 valence electrons. The molecule has 1 fully saturated rings. The molecule has 0 radical (unpaired) electrons. The Morgan fingerprint density at radius 2 is 1.65 bits per heavy atom. The highest BCUT2D eigenvalue weighted by molar-refractivity contribution is 6.73. The molecule has 6 heteroatoms. The van der Waals surface area contributed by atoms with Gasteiger partial charge >= 0.3 is 6.98 Å². The van der Waals surface area contributed by atoms with Gasteiger partial charge in [0.1, 0.15) is 11.9 Å². The number of benzene rings is 1. The van der Waals surface area contributed by atoms with Crippen molar-refractivity contribution in [2.75, 3.05) is 13.2 Å². The second-order valence-corrected chi connectivity index (χ2v) is 4.07. The van der Waals surface area contributed by atoms with Gasteiger partial charge in [0.15, 0.2) is 0 Å². The summed E-state index contributed by atoms with van der Waals surface area (Å²) in [6, 6.07) is 4.88. The smallest absolute Gasteiger partial charge is 0.490 e. The lowest BCUT2D eigenvalue weighted by Gasteiger charge is -2.23. The molecule has 1 aliphatic rings. The molecule has 0 N–H and O–H groups in total. The first kappa shape index (κ1) is 12.3. The van der Waals surface area contributed by atoms with E-state index in [0.717, 1.165) is 25.0 Å². The molecular weight excluding hydrogens is 232 g/mol. The Morgan fingerprint density at radius 3 is 2.18 bits per heavy atom. The van der Waals surface area contributed by atoms with Gasteiger partial charge in [0.05, 0.1) is 13.2 Å². The number of halogens is 3. The zero-order valence-electron chi connectivity index (χ0n) is 9.24. The minimum atomic E-state index is -4.92. The summed E-state index contributed by atoms with van der Waals surface area (Å²) in [6.07, 6.45) is 1.61. The Morgan fingerprint density at radius 1 is 1.06 bits per heavy atom. The second-order valence-electron chi connectivity index (χ2n) is 4.07. The van der Waals surface area contributed by atoms with Crippen LogP contribution in [0.15, 0.2) is 24.3 Å². The van der Waals surface area contributed by atoms with Crippen LogP contribution >= 0.6 is 0 Å². The van der Waals surface area contributed by atoms with E-state index in [1.54, 1.807) is 0 Å². The fraction of sp³-hybridized carbons (Fsp3) is 0.455. The van der Waals surface area contributed by atoms with Crippen molar-refractivity contribution in [1.29, 1.82) is 0 Å². The molecule has 0 aromatic heterocycles. The third kappa shape index (κ3) is 3.39. The lowest BCUT2D eigenvalue weighted by Crippen LogP contribution is -2.33. The van der Waals surface area contributed by atoms with E-state index in [9.17, 15) is 12.9 Å². The molecule has 0 atom stereocenters. The van der Waals surface area contributed by atoms with E-state index >= 15 is 0 Å². The fourth-order valence-corrected chi connectivity index (χ4v) is 1.75. The lowest BCUT2D eigenvalue weighted by atomic mass is 9.80. The van der Waals surface area contributed by atoms with Crippen LogP contribution in [0, 0.1) is 0 Å². The average Bonchev–Trinajstić information content (AvgIpc) is 2.30. The summed E-state index contributed by atoms with van der Waals surface area (Å²) in [5.74, 6) is 0.487. The highest BCUT2D eigenvalue weighted by Gasteiger charge is 2.25. The van der Waals surface area contributed by atoms with Crippen molar-refractivity contribution in [1.82, 2.24) is 0 Å². The van der Waals surface area contributed by atoms with Crippen LogP contribution in [0.3, 0.4) is 0 Å². The largest absolute Gasteiger partial charge is 0.509 e. The highest BCUT2D eigenvalue weighted by atomic mass is 19.4. The number of hydrogen-bond acceptors (Lipinski definition) is 2. The van der Waals surface area contributed by atoms with Gasteiger partial charge in [0, 0.05) is 12.8 Å². The van der Waals surface area contributed by atoms with Gasteiger partial charge in [-0.15, -0.1) is 5.46 Å². The minimum Gasteiger partial charge on any atom is -0.490 e. The normalized spacial score (nSPS) is 18.1. The van der Waals surface area contributed by atoms with E-state index in [2.05, 4.69) is 0 Å². The van der Waals surface area contributed by atoms with Crippen molar-refractivity contribution >= 4 is 12.4 Å². The first-order chi connectivity index (χ1) is 8.05. The standard InChI is InChI=1S/C11H13BF3O2/c13-12(14,15)9-1-3-10(4-2-9)17-11-5-7-16-8-6-11/h1-4,11H,5-8H2/q-1. The first-order valence-electron chi connectivity index (χ1n) is 5.60. The van der Waals surface area contributed by atoms with Crippen LogP contribution < -0.4 is 10.2 Å². The van der Waals surface area contributed by atoms with E-state index in [0.29, 0.717) is 19.0 Å². The fourth-order valence-electron chi connectivity index (χ4n) is 1.75. The van der Waals surface area contributed by atoms with Gasteiger partial charge in [0.2, 0.25) is 0 Å². The highest BCUT2D eigenvalue weighted by Crippen LogP contribution is 2.18. The molecular formula is C11H13BF3O2-. The molecule has 0 spiro atoms. The van der Waals surface area contributed by atoms with Gasteiger partial charge in [-0.3, -0.25) is 0 Å². The van der Waals surface area contributed by atoms with E-state index in [4.69, 9.17) is 9.47 Å². The molecule has 1 aromatic rings. The topological polar surface area (TPSA) is 18.5 Å². The van der Waals surface area contributed by atoms with Crippen LogP contribution in [-0.4, -0.2) is 26.3 Å². The van der Waals surface area contributed by atoms with Crippen LogP contribution in [0.25, 0.3) is 0 Å². The molecule has 1 saturated heterocycles. The van der Waals surface area contributed by atoms with E-state index < -0.39 is 12.4 Å². The molecule has 17 heavy (non-hydrogen) atoms. The first-order valence-corrected chi connectivity index (χ1v) is 5.60. The maximum absolute atomic E-state index is 12.4. The Bertz CT molecular complexity index is 358. The molecule has 0 aliphatic carbocycles. The summed E-state index contributed by atoms with van der Waals surface area (Å²) in [4.78, 5) is 0. The predicted molar refractivity (Wildman–Crippen MR) is 59.6 cm³/mol. The maximum atomic E-state index is 12.4. The number of hydrogen-bond donors (Lipinski definition) is 0. The van der Waals surface area contributed by atoms with Crippen molar-refractivity contribution in [3.8, 4) is 5.75 Å². The quantitative estimate of drug-likeness (QED) is 0.760. The average molecular weight is 245 g/mol. The summed E-state index contributed by atoms with van der Waals surface area (Å²) >= 11 is 0. The number of ether oxygens (including phenoxy) is 2. The Kier molecular flexibility index (Phi) is 3.62. The summed E-state index contributed by atoms with van der Waals surface area (Å²) in [7, 11) is 0. The van der Waals surface area contributed by atoms with Crippen LogP contribution in [0.4, 0.5) is 12.9 Å². The van der Waals surface area contributed by atoms with Crippen LogP contribution in [0.1, 0.15) is 12.8 Å². The molecule has 1 aliphatic heterocycles. The van der Waals surface area contributed by atoms with Crippen molar-refractivity contribution in [2.45, 2.75) is 18.9 Å². The molecule has 0 saturated carbocycles. The summed E-state index contributed by atoms with van der Waals surface area (Å²) in [6.45, 7) is -3.63. The van der Waals surface area contributed by atoms with Gasteiger partial charge in [-0.1, -0.05) is 12.1 Å². The van der Waals surface area contributed by atoms with Crippen molar-refractivity contribution in [2.24, 2.45) is 0 Å². The maximum Gasteiger partial charge on any atom is 0.509 e. The third-order valence-corrected chi connectivity index (χ3v) is 2.73. The predicted octanol–water partition coefficient (Wildman–Crippen LogP) is 2.30. The molecule has 1 heterocycles. The van der Waals surface area contributed by atoms with Gasteiger partial charge < -0.3 is 22.4 Å². The summed E-state index contributed by atoms with van der Waals surface area (Å²) in [5, 5.41) is 0. The molecule has 0 amide bonds. The van der Waals surface area contributed by atoms with Gasteiger partial charge in [-0.25, -0.2) is 0 Å². The van der Waals surface area contributed by atoms with Crippen molar-refractivity contribution < 1.29 is 22.4 Å². The number of rotatable bonds is 3. The van der Waals surface area contributed by atoms with E-state index in [-0.39, 0.29) is 6.10 Å². The van der Waals surface area contributed by atoms with Crippen LogP contribution in [-0.2, 0) is 4.74 Å². The summed E-state index contributed by atoms with van der Waals surface area (Å²) in [5.41, 5.74) is -0.593. The zero-order valence-corrected chi connectivity index (χ0v) is 9.24. The molecule has 1 aromatic carbocycles. The SMILES string of the molecule is F[B-](F)(F)c1ccc(OC2CCOCC2)cc1. The third-order valence-electron chi connectivity index (χ3n) is 2.73. The molecule has 2 nitrogen and oxygen atoms in total. The lowest BCUT2D eigenvalue weighted by molar-refractivity contribution is 0.0256. The molecule has 0 bridgehead atoms. The second kappa shape index (κ2) is 5.00. The van der Waals surface area contributed by atoms with Crippen LogP contribution in [0.2, 0.25) is 0 Å². The monoisotopic (exact) mass is 245 g/mol. The van der Waals surface area contributed by atoms with Gasteiger partial charge in [-0.05, 0) is 12.1 Å². The minimum absolute atomic E-state index is 0.0472. The van der Waals surface area contributed by atoms with E-state index in [1.807, 2.05) is 0 Å².